The van der Waals surface area contributed by atoms with Crippen molar-refractivity contribution in [2.75, 3.05) is 31.1 Å². The molecular formula is C20H22F3N7O. The summed E-state index contributed by atoms with van der Waals surface area (Å²) in [6.45, 7) is 5.66. The molecule has 1 amide bonds. The van der Waals surface area contributed by atoms with Gasteiger partial charge in [-0.05, 0) is 32.0 Å². The highest BCUT2D eigenvalue weighted by molar-refractivity contribution is 5.93. The van der Waals surface area contributed by atoms with Gasteiger partial charge in [0.2, 0.25) is 0 Å². The van der Waals surface area contributed by atoms with Crippen molar-refractivity contribution >= 4 is 11.7 Å². The van der Waals surface area contributed by atoms with Gasteiger partial charge in [0.1, 0.15) is 11.5 Å². The predicted molar refractivity (Wildman–Crippen MR) is 108 cm³/mol. The van der Waals surface area contributed by atoms with Crippen LogP contribution in [0.3, 0.4) is 0 Å². The molecule has 0 spiro atoms. The minimum absolute atomic E-state index is 0.169. The van der Waals surface area contributed by atoms with Gasteiger partial charge < -0.3 is 9.80 Å². The van der Waals surface area contributed by atoms with Crippen LogP contribution in [0.15, 0.2) is 24.4 Å². The summed E-state index contributed by atoms with van der Waals surface area (Å²) in [4.78, 5) is 20.4. The molecule has 1 N–H and O–H groups in total. The summed E-state index contributed by atoms with van der Waals surface area (Å²) in [5.74, 6) is 0.296. The molecule has 0 atom stereocenters. The Kier molecular flexibility index (Phi) is 5.19. The predicted octanol–water partition coefficient (Wildman–Crippen LogP) is 2.80. The zero-order valence-corrected chi connectivity index (χ0v) is 17.4. The van der Waals surface area contributed by atoms with Crippen molar-refractivity contribution in [3.05, 3.63) is 47.0 Å². The lowest BCUT2D eigenvalue weighted by Crippen LogP contribution is -2.49. The zero-order chi connectivity index (χ0) is 22.3. The molecule has 1 saturated heterocycles. The number of aromatic nitrogens is 5. The molecule has 0 bridgehead atoms. The molecule has 3 aromatic heterocycles. The summed E-state index contributed by atoms with van der Waals surface area (Å²) >= 11 is 0. The van der Waals surface area contributed by atoms with Gasteiger partial charge in [-0.3, -0.25) is 14.6 Å². The smallest absolute Gasteiger partial charge is 0.353 e. The van der Waals surface area contributed by atoms with Gasteiger partial charge in [0.25, 0.3) is 5.91 Å². The molecule has 1 fully saturated rings. The van der Waals surface area contributed by atoms with Gasteiger partial charge in [0.15, 0.2) is 0 Å². The minimum atomic E-state index is -4.41. The van der Waals surface area contributed by atoms with Crippen molar-refractivity contribution in [3.8, 4) is 11.3 Å². The number of nitrogens with one attached hydrogen (secondary N) is 1. The average molecular weight is 433 g/mol. The van der Waals surface area contributed by atoms with Crippen molar-refractivity contribution in [2.24, 2.45) is 7.05 Å². The number of pyridine rings is 1. The van der Waals surface area contributed by atoms with Gasteiger partial charge in [0.05, 0.1) is 17.0 Å². The average Bonchev–Trinajstić information content (AvgIpc) is 3.31. The standard InChI is InChI=1S/C20H22F3N7O/c1-12-18(13(2)28(3)27-12)15-10-16(26-25-15)19(31)30-8-6-29(7-9-30)17-5-4-14(11-24-17)20(21,22)23/h4-5,10-11H,6-9H2,1-3H3,(H,25,26). The SMILES string of the molecule is Cc1nn(C)c(C)c1-c1cc(C(=O)N2CCN(c3ccc(C(F)(F)F)cn3)CC2)[nH]n1. The number of amides is 1. The molecule has 1 aliphatic heterocycles. The maximum absolute atomic E-state index is 12.9. The Balaban J connectivity index is 1.41. The third-order valence-corrected chi connectivity index (χ3v) is 5.54. The fraction of sp³-hybridized carbons (Fsp3) is 0.400. The van der Waals surface area contributed by atoms with Crippen LogP contribution in [0.2, 0.25) is 0 Å². The molecule has 0 aliphatic carbocycles. The number of H-pyrrole nitrogens is 1. The van der Waals surface area contributed by atoms with Crippen LogP contribution < -0.4 is 4.90 Å². The van der Waals surface area contributed by atoms with E-state index < -0.39 is 11.7 Å². The first kappa shape index (κ1) is 20.9. The van der Waals surface area contributed by atoms with Gasteiger partial charge >= 0.3 is 6.18 Å². The van der Waals surface area contributed by atoms with Crippen molar-refractivity contribution < 1.29 is 18.0 Å². The molecule has 31 heavy (non-hydrogen) atoms. The lowest BCUT2D eigenvalue weighted by atomic mass is 10.1. The number of hydrogen-bond donors (Lipinski definition) is 1. The van der Waals surface area contributed by atoms with E-state index in [1.165, 1.54) is 6.07 Å². The number of nitrogens with zero attached hydrogens (tertiary/aromatic N) is 6. The first-order chi connectivity index (χ1) is 14.6. The van der Waals surface area contributed by atoms with Crippen molar-refractivity contribution in [2.45, 2.75) is 20.0 Å². The third-order valence-electron chi connectivity index (χ3n) is 5.54. The van der Waals surface area contributed by atoms with E-state index in [1.54, 1.807) is 15.6 Å². The van der Waals surface area contributed by atoms with Gasteiger partial charge in [-0.15, -0.1) is 0 Å². The second-order valence-corrected chi connectivity index (χ2v) is 7.52. The van der Waals surface area contributed by atoms with E-state index in [0.29, 0.717) is 43.4 Å². The van der Waals surface area contributed by atoms with Crippen LogP contribution in [0.1, 0.15) is 27.4 Å². The van der Waals surface area contributed by atoms with Crippen LogP contribution in [0.25, 0.3) is 11.3 Å². The molecule has 0 saturated carbocycles. The molecule has 0 aromatic carbocycles. The topological polar surface area (TPSA) is 82.9 Å². The van der Waals surface area contributed by atoms with Gasteiger partial charge in [-0.1, -0.05) is 0 Å². The van der Waals surface area contributed by atoms with Crippen LogP contribution >= 0.6 is 0 Å². The molecule has 8 nitrogen and oxygen atoms in total. The van der Waals surface area contributed by atoms with E-state index in [-0.39, 0.29) is 5.91 Å². The van der Waals surface area contributed by atoms with E-state index in [1.807, 2.05) is 25.8 Å². The summed E-state index contributed by atoms with van der Waals surface area (Å²) in [6, 6.07) is 4.11. The lowest BCUT2D eigenvalue weighted by Gasteiger charge is -2.35. The maximum Gasteiger partial charge on any atom is 0.417 e. The lowest BCUT2D eigenvalue weighted by molar-refractivity contribution is -0.137. The summed E-state index contributed by atoms with van der Waals surface area (Å²) < 4.78 is 39.9. The summed E-state index contributed by atoms with van der Waals surface area (Å²) in [6.07, 6.45) is -3.58. The molecule has 1 aliphatic rings. The minimum Gasteiger partial charge on any atom is -0.353 e. The summed E-state index contributed by atoms with van der Waals surface area (Å²) in [5, 5.41) is 11.5. The van der Waals surface area contributed by atoms with Crippen LogP contribution in [-0.4, -0.2) is 61.9 Å². The molecule has 11 heteroatoms. The Hall–Kier alpha value is -3.37. The first-order valence-electron chi connectivity index (χ1n) is 9.78. The number of anilines is 1. The number of rotatable bonds is 3. The molecule has 0 radical (unpaired) electrons. The zero-order valence-electron chi connectivity index (χ0n) is 17.4. The molecule has 164 valence electrons. The molecule has 3 aromatic rings. The molecular weight excluding hydrogens is 411 g/mol. The van der Waals surface area contributed by atoms with Crippen LogP contribution in [0.4, 0.5) is 19.0 Å². The second-order valence-electron chi connectivity index (χ2n) is 7.52. The second kappa shape index (κ2) is 7.71. The van der Waals surface area contributed by atoms with E-state index in [2.05, 4.69) is 20.3 Å². The number of hydrogen-bond acceptors (Lipinski definition) is 5. The Labute approximate surface area is 176 Å². The number of piperazine rings is 1. The quantitative estimate of drug-likeness (QED) is 0.687. The van der Waals surface area contributed by atoms with Crippen molar-refractivity contribution in [1.82, 2.24) is 29.9 Å². The third kappa shape index (κ3) is 3.99. The van der Waals surface area contributed by atoms with Crippen molar-refractivity contribution in [1.29, 1.82) is 0 Å². The molecule has 4 heterocycles. The number of alkyl halides is 3. The molecule has 4 rings (SSSR count). The van der Waals surface area contributed by atoms with Crippen LogP contribution in [0, 0.1) is 13.8 Å². The van der Waals surface area contributed by atoms with Crippen LogP contribution in [-0.2, 0) is 13.2 Å². The van der Waals surface area contributed by atoms with Gasteiger partial charge in [-0.25, -0.2) is 4.98 Å². The number of halogens is 3. The Bertz CT molecular complexity index is 1090. The number of carbonyl (C=O) groups is 1. The van der Waals surface area contributed by atoms with E-state index >= 15 is 0 Å². The van der Waals surface area contributed by atoms with Gasteiger partial charge in [0, 0.05) is 50.7 Å². The Morgan fingerprint density at radius 3 is 2.39 bits per heavy atom. The van der Waals surface area contributed by atoms with Crippen molar-refractivity contribution in [3.63, 3.8) is 0 Å². The highest BCUT2D eigenvalue weighted by Gasteiger charge is 2.31. The highest BCUT2D eigenvalue weighted by atomic mass is 19.4. The Morgan fingerprint density at radius 2 is 1.84 bits per heavy atom. The summed E-state index contributed by atoms with van der Waals surface area (Å²) in [5.41, 5.74) is 2.97. The number of aromatic amines is 1. The van der Waals surface area contributed by atoms with Crippen LogP contribution in [0.5, 0.6) is 0 Å². The fourth-order valence-corrected chi connectivity index (χ4v) is 3.75. The van der Waals surface area contributed by atoms with Gasteiger partial charge in [-0.2, -0.15) is 23.4 Å². The number of carbonyl (C=O) groups excluding carboxylic acids is 1. The normalized spacial score (nSPS) is 14.9. The monoisotopic (exact) mass is 433 g/mol. The first-order valence-corrected chi connectivity index (χ1v) is 9.78. The van der Waals surface area contributed by atoms with E-state index in [4.69, 9.17) is 0 Å². The number of aryl methyl sites for hydroxylation is 2. The summed E-state index contributed by atoms with van der Waals surface area (Å²) in [7, 11) is 1.86. The largest absolute Gasteiger partial charge is 0.417 e. The highest BCUT2D eigenvalue weighted by Crippen LogP contribution is 2.30. The van der Waals surface area contributed by atoms with E-state index in [0.717, 1.165) is 29.2 Å². The van der Waals surface area contributed by atoms with E-state index in [9.17, 15) is 18.0 Å². The Morgan fingerprint density at radius 1 is 1.13 bits per heavy atom. The fourth-order valence-electron chi connectivity index (χ4n) is 3.75. The molecule has 0 unspecified atom stereocenters. The maximum atomic E-state index is 12.9.